The van der Waals surface area contributed by atoms with Gasteiger partial charge >= 0.3 is 5.97 Å². The predicted molar refractivity (Wildman–Crippen MR) is 85.6 cm³/mol. The molecule has 25 heavy (non-hydrogen) atoms. The molecule has 4 rings (SSSR count). The predicted octanol–water partition coefficient (Wildman–Crippen LogP) is 1.64. The fourth-order valence-corrected chi connectivity index (χ4v) is 2.81. The van der Waals surface area contributed by atoms with Gasteiger partial charge in [-0.25, -0.2) is 9.78 Å². The molecule has 2 aromatic heterocycles. The largest absolute Gasteiger partial charge is 0.365 e. The molecule has 0 atom stereocenters. The maximum absolute atomic E-state index is 12.4. The Kier molecular flexibility index (Phi) is 3.14. The minimum Gasteiger partial charge on any atom is -0.324 e. The Balaban J connectivity index is 1.64. The molecule has 8 heteroatoms. The van der Waals surface area contributed by atoms with Crippen molar-refractivity contribution < 1.29 is 19.2 Å². The second-order valence-corrected chi connectivity index (χ2v) is 5.63. The van der Waals surface area contributed by atoms with Crippen LogP contribution in [0.5, 0.6) is 0 Å². The van der Waals surface area contributed by atoms with Gasteiger partial charge in [0.25, 0.3) is 11.8 Å². The van der Waals surface area contributed by atoms with E-state index in [1.165, 1.54) is 18.3 Å². The Hall–Kier alpha value is -3.55. The van der Waals surface area contributed by atoms with E-state index in [0.29, 0.717) is 21.8 Å². The number of hydrogen-bond donors (Lipinski definition) is 0. The summed E-state index contributed by atoms with van der Waals surface area (Å²) in [4.78, 5) is 46.1. The number of hydroxylamine groups is 2. The van der Waals surface area contributed by atoms with Gasteiger partial charge in [-0.15, -0.1) is 0 Å². The monoisotopic (exact) mass is 336 g/mol. The first-order valence-corrected chi connectivity index (χ1v) is 7.47. The van der Waals surface area contributed by atoms with E-state index in [-0.39, 0.29) is 16.7 Å². The van der Waals surface area contributed by atoms with E-state index < -0.39 is 17.8 Å². The summed E-state index contributed by atoms with van der Waals surface area (Å²) in [7, 11) is 1.75. The van der Waals surface area contributed by atoms with Crippen molar-refractivity contribution in [1.29, 1.82) is 0 Å². The lowest BCUT2D eigenvalue weighted by atomic mass is 10.1. The number of rotatable bonds is 2. The van der Waals surface area contributed by atoms with E-state index >= 15 is 0 Å². The number of nitrogens with zero attached hydrogens (tertiary/aromatic N) is 4. The lowest BCUT2D eigenvalue weighted by Gasteiger charge is -2.12. The molecule has 2 amide bonds. The number of aryl methyl sites for hydroxylation is 2. The lowest BCUT2D eigenvalue weighted by molar-refractivity contribution is -0.0584. The first kappa shape index (κ1) is 15.0. The highest BCUT2D eigenvalue weighted by Crippen LogP contribution is 2.24. The molecule has 3 heterocycles. The number of aromatic nitrogens is 3. The minimum absolute atomic E-state index is 0.125. The molecule has 3 aromatic rings. The first-order chi connectivity index (χ1) is 12.0. The average molecular weight is 336 g/mol. The fraction of sp³-hybridized carbons (Fsp3) is 0.118. The van der Waals surface area contributed by atoms with Crippen molar-refractivity contribution in [2.75, 3.05) is 0 Å². The summed E-state index contributed by atoms with van der Waals surface area (Å²) in [5, 5.41) is 5.40. The zero-order valence-electron chi connectivity index (χ0n) is 13.4. The summed E-state index contributed by atoms with van der Waals surface area (Å²) in [6.07, 6.45) is 1.32. The molecule has 0 saturated heterocycles. The number of benzene rings is 1. The molecular weight excluding hydrogens is 324 g/mol. The van der Waals surface area contributed by atoms with E-state index in [1.807, 2.05) is 0 Å². The van der Waals surface area contributed by atoms with E-state index in [4.69, 9.17) is 4.84 Å². The van der Waals surface area contributed by atoms with Gasteiger partial charge in [0.05, 0.1) is 22.4 Å². The van der Waals surface area contributed by atoms with Gasteiger partial charge in [0.1, 0.15) is 0 Å². The number of carbonyl (C=O) groups excluding carboxylic acids is 3. The zero-order valence-corrected chi connectivity index (χ0v) is 13.4. The molecule has 124 valence electrons. The Morgan fingerprint density at radius 3 is 2.40 bits per heavy atom. The van der Waals surface area contributed by atoms with Crippen LogP contribution in [0, 0.1) is 6.92 Å². The molecule has 8 nitrogen and oxygen atoms in total. The maximum atomic E-state index is 12.4. The Bertz CT molecular complexity index is 1030. The molecule has 1 aromatic carbocycles. The fourth-order valence-electron chi connectivity index (χ4n) is 2.81. The Labute approximate surface area is 141 Å². The van der Waals surface area contributed by atoms with Gasteiger partial charge in [0, 0.05) is 18.6 Å². The normalized spacial score (nSPS) is 13.4. The van der Waals surface area contributed by atoms with Crippen LogP contribution in [0.25, 0.3) is 11.0 Å². The Morgan fingerprint density at radius 1 is 1.12 bits per heavy atom. The third-order valence-electron chi connectivity index (χ3n) is 4.03. The second-order valence-electron chi connectivity index (χ2n) is 5.63. The van der Waals surface area contributed by atoms with Crippen LogP contribution in [0.4, 0.5) is 0 Å². The summed E-state index contributed by atoms with van der Waals surface area (Å²) in [5.74, 6) is -2.17. The van der Waals surface area contributed by atoms with Crippen LogP contribution in [0.1, 0.15) is 36.8 Å². The van der Waals surface area contributed by atoms with Crippen LogP contribution in [0.2, 0.25) is 0 Å². The highest BCUT2D eigenvalue weighted by atomic mass is 16.7. The van der Waals surface area contributed by atoms with Gasteiger partial charge in [-0.2, -0.15) is 5.10 Å². The number of fused-ring (bicyclic) bond motifs is 2. The van der Waals surface area contributed by atoms with E-state index in [2.05, 4.69) is 10.1 Å². The number of pyridine rings is 1. The minimum atomic E-state index is -0.841. The third-order valence-corrected chi connectivity index (χ3v) is 4.03. The molecular formula is C17H12N4O4. The van der Waals surface area contributed by atoms with Gasteiger partial charge in [-0.05, 0) is 25.1 Å². The number of hydrogen-bond acceptors (Lipinski definition) is 6. The lowest BCUT2D eigenvalue weighted by Crippen LogP contribution is -2.32. The summed E-state index contributed by atoms with van der Waals surface area (Å²) in [6, 6.07) is 7.87. The van der Waals surface area contributed by atoms with Crippen molar-refractivity contribution in [2.24, 2.45) is 7.05 Å². The topological polar surface area (TPSA) is 94.4 Å². The van der Waals surface area contributed by atoms with Crippen molar-refractivity contribution in [3.63, 3.8) is 0 Å². The van der Waals surface area contributed by atoms with Gasteiger partial charge < -0.3 is 4.84 Å². The molecule has 0 saturated carbocycles. The third kappa shape index (κ3) is 2.18. The number of carbonyl (C=O) groups is 3. The zero-order chi connectivity index (χ0) is 17.7. The summed E-state index contributed by atoms with van der Waals surface area (Å²) >= 11 is 0. The SMILES string of the molecule is Cc1nn(C)c2ncc(C(=O)ON3C(=O)c4ccccc4C3=O)cc12. The number of imide groups is 1. The number of amides is 2. The molecule has 1 aliphatic heterocycles. The van der Waals surface area contributed by atoms with E-state index in [0.717, 1.165) is 0 Å². The second kappa shape index (κ2) is 5.23. The van der Waals surface area contributed by atoms with Crippen LogP contribution in [-0.4, -0.2) is 37.6 Å². The molecule has 0 N–H and O–H groups in total. The van der Waals surface area contributed by atoms with Gasteiger partial charge in [0.2, 0.25) is 0 Å². The average Bonchev–Trinajstić information content (AvgIpc) is 3.04. The molecule has 0 fully saturated rings. The highest BCUT2D eigenvalue weighted by molar-refractivity contribution is 6.21. The van der Waals surface area contributed by atoms with E-state index in [9.17, 15) is 14.4 Å². The highest BCUT2D eigenvalue weighted by Gasteiger charge is 2.38. The summed E-state index contributed by atoms with van der Waals surface area (Å²) in [6.45, 7) is 1.79. The molecule has 0 spiro atoms. The van der Waals surface area contributed by atoms with Crippen LogP contribution in [0.15, 0.2) is 36.5 Å². The molecule has 0 aliphatic carbocycles. The summed E-state index contributed by atoms with van der Waals surface area (Å²) < 4.78 is 1.60. The van der Waals surface area contributed by atoms with Crippen LogP contribution < -0.4 is 0 Å². The van der Waals surface area contributed by atoms with Gasteiger partial charge in [-0.3, -0.25) is 14.3 Å². The van der Waals surface area contributed by atoms with Crippen molar-refractivity contribution in [2.45, 2.75) is 6.92 Å². The van der Waals surface area contributed by atoms with Crippen molar-refractivity contribution in [3.8, 4) is 0 Å². The molecule has 0 radical (unpaired) electrons. The maximum Gasteiger partial charge on any atom is 0.365 e. The first-order valence-electron chi connectivity index (χ1n) is 7.47. The standard InChI is InChI=1S/C17H12N4O4/c1-9-13-7-10(8-18-14(13)20(2)19-9)17(24)25-21-15(22)11-5-3-4-6-12(11)16(21)23/h3-8H,1-2H3. The quantitative estimate of drug-likeness (QED) is 0.660. The van der Waals surface area contributed by atoms with E-state index in [1.54, 1.807) is 36.9 Å². The van der Waals surface area contributed by atoms with Crippen LogP contribution >= 0.6 is 0 Å². The van der Waals surface area contributed by atoms with Gasteiger partial charge in [-0.1, -0.05) is 17.2 Å². The van der Waals surface area contributed by atoms with Crippen molar-refractivity contribution in [1.82, 2.24) is 19.8 Å². The molecule has 1 aliphatic rings. The van der Waals surface area contributed by atoms with Crippen molar-refractivity contribution >= 4 is 28.8 Å². The Morgan fingerprint density at radius 2 is 1.76 bits per heavy atom. The van der Waals surface area contributed by atoms with Gasteiger partial charge in [0.15, 0.2) is 5.65 Å². The van der Waals surface area contributed by atoms with Crippen LogP contribution in [-0.2, 0) is 11.9 Å². The molecule has 0 bridgehead atoms. The smallest absolute Gasteiger partial charge is 0.324 e. The van der Waals surface area contributed by atoms with Crippen LogP contribution in [0.3, 0.4) is 0 Å². The summed E-state index contributed by atoms with van der Waals surface area (Å²) in [5.41, 5.74) is 1.87. The molecule has 0 unspecified atom stereocenters. The van der Waals surface area contributed by atoms with Crippen molar-refractivity contribution in [3.05, 3.63) is 58.9 Å².